The van der Waals surface area contributed by atoms with Gasteiger partial charge in [-0.25, -0.2) is 4.68 Å². The van der Waals surface area contributed by atoms with Gasteiger partial charge >= 0.3 is 0 Å². The van der Waals surface area contributed by atoms with E-state index in [-0.39, 0.29) is 0 Å². The summed E-state index contributed by atoms with van der Waals surface area (Å²) in [4.78, 5) is 0. The first-order valence-electron chi connectivity index (χ1n) is 5.80. The Morgan fingerprint density at radius 2 is 2.18 bits per heavy atom. The summed E-state index contributed by atoms with van der Waals surface area (Å²) in [5, 5.41) is 9.89. The van der Waals surface area contributed by atoms with Crippen LogP contribution in [0.2, 0.25) is 0 Å². The number of hydrogen-bond donors (Lipinski definition) is 0. The van der Waals surface area contributed by atoms with Crippen LogP contribution in [0.3, 0.4) is 0 Å². The van der Waals surface area contributed by atoms with Crippen molar-refractivity contribution in [1.29, 1.82) is 0 Å². The van der Waals surface area contributed by atoms with Gasteiger partial charge in [0.2, 0.25) is 0 Å². The largest absolute Gasteiger partial charge is 0.267 e. The van der Waals surface area contributed by atoms with Crippen molar-refractivity contribution < 1.29 is 0 Å². The molecule has 4 nitrogen and oxygen atoms in total. The Morgan fingerprint density at radius 1 is 1.24 bits per heavy atom. The van der Waals surface area contributed by atoms with E-state index in [0.29, 0.717) is 6.04 Å². The maximum absolute atomic E-state index is 4.40. The van der Waals surface area contributed by atoms with Crippen LogP contribution >= 0.6 is 0 Å². The molecule has 4 rings (SSSR count). The third-order valence-corrected chi connectivity index (χ3v) is 3.17. The molecule has 0 atom stereocenters. The lowest BCUT2D eigenvalue weighted by atomic mass is 10.2. The molecule has 0 aliphatic heterocycles. The van der Waals surface area contributed by atoms with Crippen molar-refractivity contribution in [2.45, 2.75) is 18.9 Å². The quantitative estimate of drug-likeness (QED) is 0.668. The van der Waals surface area contributed by atoms with E-state index < -0.39 is 0 Å². The fourth-order valence-corrected chi connectivity index (χ4v) is 2.10. The maximum Gasteiger partial charge on any atom is 0.103 e. The van der Waals surface area contributed by atoms with Crippen LogP contribution in [0, 0.1) is 6.07 Å². The molecule has 0 bridgehead atoms. The summed E-state index contributed by atoms with van der Waals surface area (Å²) < 4.78 is 3.97. The summed E-state index contributed by atoms with van der Waals surface area (Å²) in [5.74, 6) is 0. The molecule has 2 heterocycles. The summed E-state index contributed by atoms with van der Waals surface area (Å²) in [6.07, 6.45) is 8.30. The lowest BCUT2D eigenvalue weighted by Gasteiger charge is -1.98. The predicted molar refractivity (Wildman–Crippen MR) is 64.0 cm³/mol. The van der Waals surface area contributed by atoms with E-state index in [2.05, 4.69) is 22.5 Å². The third kappa shape index (κ3) is 1.37. The van der Waals surface area contributed by atoms with Gasteiger partial charge in [0.25, 0.3) is 0 Å². The number of nitrogens with zero attached hydrogens (tertiary/aromatic N) is 4. The summed E-state index contributed by atoms with van der Waals surface area (Å²) in [6, 6.07) is 9.55. The molecule has 0 N–H and O–H groups in total. The molecule has 83 valence electrons. The molecular formula is C13H11N4. The zero-order valence-electron chi connectivity index (χ0n) is 9.24. The van der Waals surface area contributed by atoms with Crippen LogP contribution in [-0.2, 0) is 0 Å². The Labute approximate surface area is 98.5 Å². The molecular weight excluding hydrogens is 212 g/mol. The molecule has 1 fully saturated rings. The molecule has 0 unspecified atom stereocenters. The van der Waals surface area contributed by atoms with E-state index in [0.717, 1.165) is 16.6 Å². The van der Waals surface area contributed by atoms with Gasteiger partial charge in [0.05, 0.1) is 30.1 Å². The highest BCUT2D eigenvalue weighted by Crippen LogP contribution is 2.34. The molecule has 2 aromatic heterocycles. The van der Waals surface area contributed by atoms with E-state index >= 15 is 0 Å². The van der Waals surface area contributed by atoms with E-state index in [4.69, 9.17) is 0 Å². The van der Waals surface area contributed by atoms with Gasteiger partial charge < -0.3 is 0 Å². The van der Waals surface area contributed by atoms with E-state index in [1.165, 1.54) is 12.8 Å². The first-order valence-corrected chi connectivity index (χ1v) is 5.80. The smallest absolute Gasteiger partial charge is 0.103 e. The number of benzene rings is 1. The van der Waals surface area contributed by atoms with Crippen LogP contribution in [0.5, 0.6) is 0 Å². The Kier molecular flexibility index (Phi) is 1.69. The Morgan fingerprint density at radius 3 is 3.06 bits per heavy atom. The molecule has 1 aliphatic carbocycles. The second kappa shape index (κ2) is 3.20. The molecule has 4 heteroatoms. The summed E-state index contributed by atoms with van der Waals surface area (Å²) >= 11 is 0. The normalized spacial score (nSPS) is 15.5. The van der Waals surface area contributed by atoms with E-state index in [1.807, 2.05) is 40.0 Å². The fourth-order valence-electron chi connectivity index (χ4n) is 2.10. The van der Waals surface area contributed by atoms with Gasteiger partial charge in [-0.1, -0.05) is 6.07 Å². The number of aromatic nitrogens is 4. The SMILES string of the molecule is [c]1ccc2c(c1)cnn2-c1cnn(C2CC2)c1. The molecule has 0 saturated heterocycles. The summed E-state index contributed by atoms with van der Waals surface area (Å²) in [7, 11) is 0. The predicted octanol–water partition coefficient (Wildman–Crippen LogP) is 2.36. The van der Waals surface area contributed by atoms with Crippen LogP contribution in [0.15, 0.2) is 36.8 Å². The lowest BCUT2D eigenvalue weighted by Crippen LogP contribution is -1.95. The molecule has 3 aromatic rings. The van der Waals surface area contributed by atoms with Crippen molar-refractivity contribution in [3.05, 3.63) is 42.9 Å². The van der Waals surface area contributed by atoms with Crippen molar-refractivity contribution in [1.82, 2.24) is 19.6 Å². The topological polar surface area (TPSA) is 35.6 Å². The monoisotopic (exact) mass is 223 g/mol. The van der Waals surface area contributed by atoms with Gasteiger partial charge in [-0.2, -0.15) is 10.2 Å². The van der Waals surface area contributed by atoms with E-state index in [1.54, 1.807) is 0 Å². The van der Waals surface area contributed by atoms with Crippen LogP contribution in [0.25, 0.3) is 16.6 Å². The van der Waals surface area contributed by atoms with Crippen molar-refractivity contribution in [2.75, 3.05) is 0 Å². The van der Waals surface area contributed by atoms with Crippen molar-refractivity contribution in [3.63, 3.8) is 0 Å². The highest BCUT2D eigenvalue weighted by Gasteiger charge is 2.24. The molecule has 17 heavy (non-hydrogen) atoms. The minimum Gasteiger partial charge on any atom is -0.267 e. The molecule has 1 radical (unpaired) electrons. The standard InChI is InChI=1S/C13H11N4/c1-2-4-13-10(3-1)7-15-17(13)12-8-14-16(9-12)11-5-6-11/h2-4,7-9,11H,5-6H2. The molecule has 1 aromatic carbocycles. The van der Waals surface area contributed by atoms with Crippen LogP contribution in [-0.4, -0.2) is 19.6 Å². The Bertz CT molecular complexity index is 675. The van der Waals surface area contributed by atoms with Gasteiger partial charge in [0, 0.05) is 5.39 Å². The second-order valence-corrected chi connectivity index (χ2v) is 4.45. The van der Waals surface area contributed by atoms with Gasteiger partial charge in [0.1, 0.15) is 5.69 Å². The van der Waals surface area contributed by atoms with Crippen molar-refractivity contribution >= 4 is 10.9 Å². The molecule has 0 spiro atoms. The first kappa shape index (κ1) is 8.98. The lowest BCUT2D eigenvalue weighted by molar-refractivity contribution is 0.641. The fraction of sp³-hybridized carbons (Fsp3) is 0.231. The highest BCUT2D eigenvalue weighted by molar-refractivity contribution is 5.79. The van der Waals surface area contributed by atoms with Crippen molar-refractivity contribution in [2.24, 2.45) is 0 Å². The number of hydrogen-bond acceptors (Lipinski definition) is 2. The minimum absolute atomic E-state index is 0.610. The molecule has 1 saturated carbocycles. The number of fused-ring (bicyclic) bond motifs is 1. The average molecular weight is 223 g/mol. The molecule has 0 amide bonds. The summed E-state index contributed by atoms with van der Waals surface area (Å²) in [6.45, 7) is 0. The first-order chi connectivity index (χ1) is 8.42. The van der Waals surface area contributed by atoms with Gasteiger partial charge in [-0.3, -0.25) is 4.68 Å². The van der Waals surface area contributed by atoms with E-state index in [9.17, 15) is 0 Å². The zero-order chi connectivity index (χ0) is 11.2. The minimum atomic E-state index is 0.610. The third-order valence-electron chi connectivity index (χ3n) is 3.17. The summed E-state index contributed by atoms with van der Waals surface area (Å²) in [5.41, 5.74) is 2.12. The number of rotatable bonds is 2. The average Bonchev–Trinajstić information content (AvgIpc) is 2.95. The zero-order valence-corrected chi connectivity index (χ0v) is 9.24. The Hall–Kier alpha value is -2.10. The van der Waals surface area contributed by atoms with Gasteiger partial charge in [-0.15, -0.1) is 0 Å². The van der Waals surface area contributed by atoms with Crippen molar-refractivity contribution in [3.8, 4) is 5.69 Å². The Balaban J connectivity index is 1.86. The maximum atomic E-state index is 4.40. The van der Waals surface area contributed by atoms with Gasteiger partial charge in [-0.05, 0) is 31.0 Å². The van der Waals surface area contributed by atoms with Crippen LogP contribution in [0.4, 0.5) is 0 Å². The van der Waals surface area contributed by atoms with Crippen LogP contribution in [0.1, 0.15) is 18.9 Å². The second-order valence-electron chi connectivity index (χ2n) is 4.45. The van der Waals surface area contributed by atoms with Gasteiger partial charge in [0.15, 0.2) is 0 Å². The molecule has 1 aliphatic rings. The highest BCUT2D eigenvalue weighted by atomic mass is 15.3. The van der Waals surface area contributed by atoms with Crippen LogP contribution < -0.4 is 0 Å².